The van der Waals surface area contributed by atoms with Gasteiger partial charge >= 0.3 is 6.18 Å². The number of halogens is 3. The highest BCUT2D eigenvalue weighted by Gasteiger charge is 2.33. The van der Waals surface area contributed by atoms with E-state index in [1.165, 1.54) is 16.8 Å². The van der Waals surface area contributed by atoms with Crippen molar-refractivity contribution in [2.75, 3.05) is 13.1 Å². The highest BCUT2D eigenvalue weighted by molar-refractivity contribution is 5.75. The van der Waals surface area contributed by atoms with Gasteiger partial charge in [0, 0.05) is 42.8 Å². The minimum Gasteiger partial charge on any atom is -0.402 e. The van der Waals surface area contributed by atoms with Gasteiger partial charge in [0.1, 0.15) is 5.69 Å². The van der Waals surface area contributed by atoms with Crippen LogP contribution in [0.4, 0.5) is 19.0 Å². The number of fused-ring (bicyclic) bond motifs is 1. The molecule has 0 amide bonds. The highest BCUT2D eigenvalue weighted by Crippen LogP contribution is 2.28. The molecule has 11 heteroatoms. The molecule has 1 fully saturated rings. The van der Waals surface area contributed by atoms with Gasteiger partial charge in [0.25, 0.3) is 0 Å². The number of piperidine rings is 1. The molecular formula is C19H19F3N8. The van der Waals surface area contributed by atoms with Crippen molar-refractivity contribution in [3.8, 4) is 11.5 Å². The predicted molar refractivity (Wildman–Crippen MR) is 105 cm³/mol. The van der Waals surface area contributed by atoms with E-state index < -0.39 is 11.9 Å². The number of imidazole rings is 1. The zero-order valence-corrected chi connectivity index (χ0v) is 15.8. The largest absolute Gasteiger partial charge is 0.434 e. The molecule has 0 saturated carbocycles. The van der Waals surface area contributed by atoms with Gasteiger partial charge < -0.3 is 11.1 Å². The van der Waals surface area contributed by atoms with Crippen LogP contribution in [0.1, 0.15) is 18.5 Å². The summed E-state index contributed by atoms with van der Waals surface area (Å²) in [4.78, 5) is 20.2. The second-order valence-electron chi connectivity index (χ2n) is 6.87. The normalized spacial score (nSPS) is 18.4. The summed E-state index contributed by atoms with van der Waals surface area (Å²) < 4.78 is 40.2. The molecule has 3 aromatic rings. The topological polar surface area (TPSA) is 106 Å². The van der Waals surface area contributed by atoms with E-state index in [0.29, 0.717) is 11.5 Å². The van der Waals surface area contributed by atoms with Crippen LogP contribution in [0.3, 0.4) is 0 Å². The maximum atomic E-state index is 13.0. The number of aliphatic imine (C=N–C) groups is 1. The van der Waals surface area contributed by atoms with E-state index in [9.17, 15) is 13.2 Å². The maximum absolute atomic E-state index is 13.0. The van der Waals surface area contributed by atoms with Crippen molar-refractivity contribution in [3.05, 3.63) is 48.3 Å². The Balaban J connectivity index is 1.59. The summed E-state index contributed by atoms with van der Waals surface area (Å²) in [6.07, 6.45) is 5.67. The van der Waals surface area contributed by atoms with Gasteiger partial charge in [-0.2, -0.15) is 13.2 Å². The summed E-state index contributed by atoms with van der Waals surface area (Å²) in [5.74, 6) is 0.830. The van der Waals surface area contributed by atoms with Gasteiger partial charge in [-0.1, -0.05) is 0 Å². The van der Waals surface area contributed by atoms with E-state index in [-0.39, 0.29) is 17.4 Å². The second-order valence-corrected chi connectivity index (χ2v) is 6.87. The predicted octanol–water partition coefficient (Wildman–Crippen LogP) is 2.75. The Morgan fingerprint density at radius 1 is 1.27 bits per heavy atom. The van der Waals surface area contributed by atoms with Crippen LogP contribution in [0.25, 0.3) is 17.2 Å². The Bertz CT molecular complexity index is 1100. The lowest BCUT2D eigenvalue weighted by Crippen LogP contribution is -2.32. The van der Waals surface area contributed by atoms with Crippen molar-refractivity contribution < 1.29 is 13.2 Å². The maximum Gasteiger partial charge on any atom is 0.434 e. The van der Waals surface area contributed by atoms with Gasteiger partial charge in [-0.3, -0.25) is 4.40 Å². The zero-order valence-electron chi connectivity index (χ0n) is 15.8. The molecule has 3 aromatic heterocycles. The van der Waals surface area contributed by atoms with Crippen LogP contribution in [0.15, 0.2) is 47.6 Å². The zero-order chi connectivity index (χ0) is 21.1. The Morgan fingerprint density at radius 2 is 2.13 bits per heavy atom. The second kappa shape index (κ2) is 8.19. The number of nitrogens with two attached hydrogens (primary N) is 1. The SMILES string of the molecule is NC(=CC=Nc1ccnc(-c2cnc3cnc(C(F)(F)F)cn23)n1)C1CCCNC1. The molecule has 0 aromatic carbocycles. The average Bonchev–Trinajstić information content (AvgIpc) is 3.17. The van der Waals surface area contributed by atoms with Crippen LogP contribution < -0.4 is 11.1 Å². The first-order chi connectivity index (χ1) is 14.4. The molecule has 0 radical (unpaired) electrons. The number of hydrogen-bond donors (Lipinski definition) is 2. The lowest BCUT2D eigenvalue weighted by atomic mass is 9.96. The summed E-state index contributed by atoms with van der Waals surface area (Å²) in [6.45, 7) is 1.85. The summed E-state index contributed by atoms with van der Waals surface area (Å²) in [5.41, 5.74) is 6.40. The van der Waals surface area contributed by atoms with Gasteiger partial charge in [0.15, 0.2) is 23.0 Å². The Kier molecular flexibility index (Phi) is 5.44. The molecule has 0 spiro atoms. The van der Waals surface area contributed by atoms with E-state index >= 15 is 0 Å². The van der Waals surface area contributed by atoms with Crippen molar-refractivity contribution >= 4 is 17.7 Å². The Labute approximate surface area is 169 Å². The number of hydrogen-bond acceptors (Lipinski definition) is 7. The first kappa shape index (κ1) is 20.0. The molecule has 30 heavy (non-hydrogen) atoms. The van der Waals surface area contributed by atoms with Crippen LogP contribution in [-0.4, -0.2) is 43.6 Å². The Morgan fingerprint density at radius 3 is 2.90 bits per heavy atom. The van der Waals surface area contributed by atoms with Gasteiger partial charge in [-0.05, 0) is 25.5 Å². The van der Waals surface area contributed by atoms with Crippen LogP contribution in [0.5, 0.6) is 0 Å². The van der Waals surface area contributed by atoms with E-state index in [1.807, 2.05) is 0 Å². The third-order valence-electron chi connectivity index (χ3n) is 4.80. The number of aromatic nitrogens is 5. The van der Waals surface area contributed by atoms with Crippen molar-refractivity contribution in [1.29, 1.82) is 0 Å². The minimum absolute atomic E-state index is 0.199. The third-order valence-corrected chi connectivity index (χ3v) is 4.80. The summed E-state index contributed by atoms with van der Waals surface area (Å²) in [5, 5.41) is 3.31. The lowest BCUT2D eigenvalue weighted by molar-refractivity contribution is -0.141. The fourth-order valence-electron chi connectivity index (χ4n) is 3.22. The fourth-order valence-corrected chi connectivity index (χ4v) is 3.22. The van der Waals surface area contributed by atoms with E-state index in [1.54, 1.807) is 18.4 Å². The van der Waals surface area contributed by atoms with Crippen molar-refractivity contribution in [1.82, 2.24) is 29.7 Å². The number of nitrogens with one attached hydrogen (secondary N) is 1. The summed E-state index contributed by atoms with van der Waals surface area (Å²) in [7, 11) is 0. The molecule has 8 nitrogen and oxygen atoms in total. The van der Waals surface area contributed by atoms with Crippen molar-refractivity contribution in [2.45, 2.75) is 19.0 Å². The molecule has 1 unspecified atom stereocenters. The van der Waals surface area contributed by atoms with Crippen molar-refractivity contribution in [2.24, 2.45) is 16.6 Å². The first-order valence-electron chi connectivity index (χ1n) is 9.36. The molecule has 156 valence electrons. The van der Waals surface area contributed by atoms with Gasteiger partial charge in [-0.25, -0.2) is 24.9 Å². The van der Waals surface area contributed by atoms with Crippen molar-refractivity contribution in [3.63, 3.8) is 0 Å². The molecule has 4 heterocycles. The molecule has 1 saturated heterocycles. The summed E-state index contributed by atoms with van der Waals surface area (Å²) >= 11 is 0. The van der Waals surface area contributed by atoms with E-state index in [0.717, 1.165) is 44.0 Å². The number of rotatable bonds is 4. The molecule has 0 aliphatic carbocycles. The lowest BCUT2D eigenvalue weighted by Gasteiger charge is -2.22. The van der Waals surface area contributed by atoms with E-state index in [2.05, 4.69) is 30.2 Å². The molecule has 3 N–H and O–H groups in total. The van der Waals surface area contributed by atoms with Crippen LogP contribution >= 0.6 is 0 Å². The molecule has 0 bridgehead atoms. The molecule has 1 atom stereocenters. The molecular weight excluding hydrogens is 397 g/mol. The number of nitrogens with zero attached hydrogens (tertiary/aromatic N) is 6. The van der Waals surface area contributed by atoms with Gasteiger partial charge in [-0.15, -0.1) is 0 Å². The monoisotopic (exact) mass is 416 g/mol. The third kappa shape index (κ3) is 4.30. The van der Waals surface area contributed by atoms with Gasteiger partial charge in [0.05, 0.1) is 12.4 Å². The molecule has 1 aliphatic rings. The van der Waals surface area contributed by atoms with E-state index in [4.69, 9.17) is 5.73 Å². The van der Waals surface area contributed by atoms with Crippen LogP contribution in [0.2, 0.25) is 0 Å². The smallest absolute Gasteiger partial charge is 0.402 e. The average molecular weight is 416 g/mol. The quantitative estimate of drug-likeness (QED) is 0.634. The minimum atomic E-state index is -4.57. The van der Waals surface area contributed by atoms with Crippen LogP contribution in [0, 0.1) is 5.92 Å². The highest BCUT2D eigenvalue weighted by atomic mass is 19.4. The molecule has 1 aliphatic heterocycles. The fraction of sp³-hybridized carbons (Fsp3) is 0.316. The standard InChI is InChI=1S/C19H19F3N8/c20-19(21,22)15-11-30-14(9-28-17(30)10-27-15)18-26-7-4-16(29-18)25-6-3-13(23)12-2-1-5-24-8-12/h3-4,6-7,9-12,24H,1-2,5,8,23H2. The Hall–Kier alpha value is -3.34. The number of allylic oxidation sites excluding steroid dienone is 1. The van der Waals surface area contributed by atoms with Crippen LogP contribution in [-0.2, 0) is 6.18 Å². The van der Waals surface area contributed by atoms with Gasteiger partial charge in [0.2, 0.25) is 0 Å². The molecule has 4 rings (SSSR count). The number of alkyl halides is 3. The summed E-state index contributed by atoms with van der Waals surface area (Å²) in [6, 6.07) is 1.60. The first-order valence-corrected chi connectivity index (χ1v) is 9.36.